The molecular formula is C21H32. The first-order chi connectivity index (χ1) is 9.92. The third-order valence-electron chi connectivity index (χ3n) is 4.55. The van der Waals surface area contributed by atoms with Gasteiger partial charge in [-0.05, 0) is 43.9 Å². The monoisotopic (exact) mass is 284 g/mol. The zero-order valence-corrected chi connectivity index (χ0v) is 13.9. The summed E-state index contributed by atoms with van der Waals surface area (Å²) in [6.45, 7) is 25.8. The molecule has 0 aromatic carbocycles. The van der Waals surface area contributed by atoms with Crippen LogP contribution >= 0.6 is 0 Å². The SMILES string of the molecule is C=CC(=C)CCC(CC)(CCC(=C)C=C)CCC(=C)C=C. The molecule has 0 aromatic rings. The second kappa shape index (κ2) is 10.2. The maximum Gasteiger partial charge on any atom is -0.0280 e. The van der Waals surface area contributed by atoms with Crippen molar-refractivity contribution < 1.29 is 0 Å². The first-order valence-electron chi connectivity index (χ1n) is 7.83. The van der Waals surface area contributed by atoms with Gasteiger partial charge in [-0.25, -0.2) is 0 Å². The molecule has 0 aliphatic heterocycles. The highest BCUT2D eigenvalue weighted by molar-refractivity contribution is 5.14. The zero-order chi connectivity index (χ0) is 16.3. The van der Waals surface area contributed by atoms with Crippen LogP contribution in [0.1, 0.15) is 51.9 Å². The maximum atomic E-state index is 4.05. The van der Waals surface area contributed by atoms with Gasteiger partial charge >= 0.3 is 0 Å². The first kappa shape index (κ1) is 19.4. The van der Waals surface area contributed by atoms with Gasteiger partial charge in [-0.15, -0.1) is 0 Å². The van der Waals surface area contributed by atoms with E-state index in [1.165, 1.54) is 0 Å². The van der Waals surface area contributed by atoms with Crippen molar-refractivity contribution in [3.63, 3.8) is 0 Å². The van der Waals surface area contributed by atoms with Gasteiger partial charge in [-0.1, -0.05) is 87.8 Å². The van der Waals surface area contributed by atoms with Crippen LogP contribution in [0.2, 0.25) is 0 Å². The van der Waals surface area contributed by atoms with Gasteiger partial charge in [0.2, 0.25) is 0 Å². The summed E-state index contributed by atoms with van der Waals surface area (Å²) in [5.41, 5.74) is 3.68. The highest BCUT2D eigenvalue weighted by Crippen LogP contribution is 2.41. The molecule has 0 heterocycles. The Morgan fingerprint density at radius 3 is 1.19 bits per heavy atom. The Morgan fingerprint density at radius 1 is 0.714 bits per heavy atom. The molecule has 0 saturated heterocycles. The Morgan fingerprint density at radius 2 is 1.00 bits per heavy atom. The lowest BCUT2D eigenvalue weighted by Gasteiger charge is -2.34. The minimum atomic E-state index is 0.309. The number of rotatable bonds is 13. The fourth-order valence-electron chi connectivity index (χ4n) is 2.49. The van der Waals surface area contributed by atoms with Crippen LogP contribution in [0.5, 0.6) is 0 Å². The van der Waals surface area contributed by atoms with Gasteiger partial charge in [0.1, 0.15) is 0 Å². The van der Waals surface area contributed by atoms with Crippen molar-refractivity contribution in [1.82, 2.24) is 0 Å². The average Bonchev–Trinajstić information content (AvgIpc) is 2.53. The molecule has 0 aliphatic carbocycles. The lowest BCUT2D eigenvalue weighted by Crippen LogP contribution is -2.20. The second-order valence-electron chi connectivity index (χ2n) is 5.94. The van der Waals surface area contributed by atoms with E-state index < -0.39 is 0 Å². The molecule has 116 valence electrons. The normalized spacial score (nSPS) is 10.7. The molecule has 0 saturated carbocycles. The van der Waals surface area contributed by atoms with E-state index in [1.54, 1.807) is 0 Å². The van der Waals surface area contributed by atoms with E-state index in [2.05, 4.69) is 46.4 Å². The summed E-state index contributed by atoms with van der Waals surface area (Å²) in [5.74, 6) is 0. The van der Waals surface area contributed by atoms with E-state index in [4.69, 9.17) is 0 Å². The third-order valence-corrected chi connectivity index (χ3v) is 4.55. The largest absolute Gasteiger partial charge is 0.0988 e. The van der Waals surface area contributed by atoms with Crippen molar-refractivity contribution in [3.05, 3.63) is 74.4 Å². The van der Waals surface area contributed by atoms with Crippen molar-refractivity contribution in [2.75, 3.05) is 0 Å². The van der Waals surface area contributed by atoms with Crippen LogP contribution in [0.4, 0.5) is 0 Å². The van der Waals surface area contributed by atoms with Gasteiger partial charge < -0.3 is 0 Å². The van der Waals surface area contributed by atoms with Gasteiger partial charge in [0.25, 0.3) is 0 Å². The lowest BCUT2D eigenvalue weighted by atomic mass is 9.71. The third kappa shape index (κ3) is 7.70. The Labute approximate surface area is 132 Å². The molecule has 0 aromatic heterocycles. The molecular weight excluding hydrogens is 252 g/mol. The summed E-state index contributed by atoms with van der Waals surface area (Å²) in [5, 5.41) is 0. The molecule has 0 unspecified atom stereocenters. The van der Waals surface area contributed by atoms with E-state index in [-0.39, 0.29) is 0 Å². The molecule has 0 atom stereocenters. The molecule has 0 heteroatoms. The van der Waals surface area contributed by atoms with E-state index in [0.29, 0.717) is 5.41 Å². The Balaban J connectivity index is 4.87. The van der Waals surface area contributed by atoms with Crippen LogP contribution in [0.15, 0.2) is 74.4 Å². The summed E-state index contributed by atoms with van der Waals surface area (Å²) < 4.78 is 0. The predicted molar refractivity (Wildman–Crippen MR) is 98.4 cm³/mol. The highest BCUT2D eigenvalue weighted by atomic mass is 14.3. The summed E-state index contributed by atoms with van der Waals surface area (Å²) in [7, 11) is 0. The summed E-state index contributed by atoms with van der Waals surface area (Å²) in [4.78, 5) is 0. The Hall–Kier alpha value is -1.56. The standard InChI is InChI=1S/C21H32/c1-8-18(5)12-15-21(11-4,16-13-19(6)9-2)17-14-20(7)10-3/h8-10H,1-3,5-7,11-17H2,4H3. The minimum Gasteiger partial charge on any atom is -0.0988 e. The van der Waals surface area contributed by atoms with Gasteiger partial charge in [0.15, 0.2) is 0 Å². The quantitative estimate of drug-likeness (QED) is 0.321. The summed E-state index contributed by atoms with van der Waals surface area (Å²) >= 11 is 0. The van der Waals surface area contributed by atoms with Crippen LogP contribution in [0.3, 0.4) is 0 Å². The first-order valence-corrected chi connectivity index (χ1v) is 7.83. The molecule has 0 N–H and O–H groups in total. The van der Waals surface area contributed by atoms with Crippen molar-refractivity contribution in [2.45, 2.75) is 51.9 Å². The fourth-order valence-corrected chi connectivity index (χ4v) is 2.49. The molecule has 0 amide bonds. The van der Waals surface area contributed by atoms with Crippen LogP contribution in [-0.2, 0) is 0 Å². The number of hydrogen-bond acceptors (Lipinski definition) is 0. The van der Waals surface area contributed by atoms with Crippen LogP contribution in [0.25, 0.3) is 0 Å². The Bertz CT molecular complexity index is 346. The van der Waals surface area contributed by atoms with E-state index >= 15 is 0 Å². The van der Waals surface area contributed by atoms with Crippen molar-refractivity contribution in [3.8, 4) is 0 Å². The Kier molecular flexibility index (Phi) is 9.45. The maximum absolute atomic E-state index is 4.05. The van der Waals surface area contributed by atoms with Crippen molar-refractivity contribution in [2.24, 2.45) is 5.41 Å². The van der Waals surface area contributed by atoms with Crippen molar-refractivity contribution >= 4 is 0 Å². The van der Waals surface area contributed by atoms with Gasteiger partial charge in [0, 0.05) is 0 Å². The molecule has 0 aliphatic rings. The molecule has 0 nitrogen and oxygen atoms in total. The number of allylic oxidation sites excluding steroid dienone is 6. The van der Waals surface area contributed by atoms with Crippen LogP contribution in [0, 0.1) is 5.41 Å². The van der Waals surface area contributed by atoms with Gasteiger partial charge in [-0.3, -0.25) is 0 Å². The lowest BCUT2D eigenvalue weighted by molar-refractivity contribution is 0.210. The molecule has 0 bridgehead atoms. The molecule has 0 spiro atoms. The summed E-state index contributed by atoms with van der Waals surface area (Å²) in [6, 6.07) is 0. The number of hydrogen-bond donors (Lipinski definition) is 0. The highest BCUT2D eigenvalue weighted by Gasteiger charge is 2.27. The van der Waals surface area contributed by atoms with E-state index in [1.807, 2.05) is 18.2 Å². The van der Waals surface area contributed by atoms with Gasteiger partial charge in [-0.2, -0.15) is 0 Å². The predicted octanol–water partition coefficient (Wildman–Crippen LogP) is 6.95. The van der Waals surface area contributed by atoms with Crippen molar-refractivity contribution in [1.29, 1.82) is 0 Å². The minimum absolute atomic E-state index is 0.309. The zero-order valence-electron chi connectivity index (χ0n) is 13.9. The smallest absolute Gasteiger partial charge is 0.0280 e. The second-order valence-corrected chi connectivity index (χ2v) is 5.94. The molecule has 0 fully saturated rings. The topological polar surface area (TPSA) is 0 Å². The van der Waals surface area contributed by atoms with Gasteiger partial charge in [0.05, 0.1) is 0 Å². The summed E-state index contributed by atoms with van der Waals surface area (Å²) in [6.07, 6.45) is 13.2. The van der Waals surface area contributed by atoms with E-state index in [9.17, 15) is 0 Å². The van der Waals surface area contributed by atoms with E-state index in [0.717, 1.165) is 61.7 Å². The van der Waals surface area contributed by atoms with Crippen LogP contribution < -0.4 is 0 Å². The average molecular weight is 284 g/mol. The molecule has 21 heavy (non-hydrogen) atoms. The molecule has 0 radical (unpaired) electrons. The fraction of sp³-hybridized carbons (Fsp3) is 0.429. The van der Waals surface area contributed by atoms with Crippen LogP contribution in [-0.4, -0.2) is 0 Å². The molecule has 0 rings (SSSR count).